The number of carbonyl (C=O) groups is 1. The number of hydrogen-bond acceptors (Lipinski definition) is 6. The third-order valence-corrected chi connectivity index (χ3v) is 8.09. The predicted molar refractivity (Wildman–Crippen MR) is 116 cm³/mol. The first kappa shape index (κ1) is 20.7. The first-order valence-electron chi connectivity index (χ1n) is 9.62. The van der Waals surface area contributed by atoms with Gasteiger partial charge in [0.2, 0.25) is 15.9 Å². The third kappa shape index (κ3) is 3.78. The Labute approximate surface area is 178 Å². The van der Waals surface area contributed by atoms with Gasteiger partial charge in [0.05, 0.1) is 10.3 Å². The number of sulfonamides is 1. The summed E-state index contributed by atoms with van der Waals surface area (Å²) in [6, 6.07) is 8.43. The van der Waals surface area contributed by atoms with E-state index >= 15 is 0 Å². The van der Waals surface area contributed by atoms with Crippen LogP contribution in [0.1, 0.15) is 24.2 Å². The van der Waals surface area contributed by atoms with Gasteiger partial charge in [0.1, 0.15) is 10.7 Å². The zero-order chi connectivity index (χ0) is 21.5. The minimum Gasteiger partial charge on any atom is -0.273 e. The van der Waals surface area contributed by atoms with Crippen LogP contribution in [0, 0.1) is 19.8 Å². The molecule has 1 aromatic carbocycles. The molecule has 0 unspecified atom stereocenters. The summed E-state index contributed by atoms with van der Waals surface area (Å²) in [5.41, 5.74) is 3.34. The molecule has 3 aromatic rings. The number of thiophene rings is 1. The Hall–Kier alpha value is -2.56. The molecule has 4 rings (SSSR count). The molecule has 10 heteroatoms. The molecule has 1 fully saturated rings. The smallest absolute Gasteiger partial charge is 0.273 e. The lowest BCUT2D eigenvalue weighted by molar-refractivity contribution is -0.121. The maximum atomic E-state index is 12.8. The Morgan fingerprint density at radius 3 is 2.47 bits per heavy atom. The van der Waals surface area contributed by atoms with Gasteiger partial charge in [-0.05, 0) is 50.3 Å². The topological polar surface area (TPSA) is 101 Å². The summed E-state index contributed by atoms with van der Waals surface area (Å²) in [5, 5.41) is 2.25. The van der Waals surface area contributed by atoms with E-state index < -0.39 is 10.0 Å². The van der Waals surface area contributed by atoms with Gasteiger partial charge >= 0.3 is 0 Å². The number of aryl methyl sites for hydroxylation is 2. The summed E-state index contributed by atoms with van der Waals surface area (Å²) in [5.74, 6) is -0.273. The number of rotatable bonds is 4. The van der Waals surface area contributed by atoms with Gasteiger partial charge in [-0.3, -0.25) is 15.0 Å². The molecule has 1 aliphatic rings. The maximum absolute atomic E-state index is 12.8. The molecule has 1 N–H and O–H groups in total. The molecule has 0 bridgehead atoms. The van der Waals surface area contributed by atoms with E-state index in [1.165, 1.54) is 20.3 Å². The van der Waals surface area contributed by atoms with Crippen LogP contribution in [-0.4, -0.2) is 41.4 Å². The quantitative estimate of drug-likeness (QED) is 0.662. The van der Waals surface area contributed by atoms with E-state index in [1.54, 1.807) is 42.6 Å². The van der Waals surface area contributed by atoms with E-state index in [2.05, 4.69) is 10.4 Å². The molecule has 3 heterocycles. The number of carbonyl (C=O) groups excluding carboxylic acids is 1. The van der Waals surface area contributed by atoms with Crippen LogP contribution >= 0.6 is 11.3 Å². The summed E-state index contributed by atoms with van der Waals surface area (Å²) < 4.78 is 28.2. The molecule has 0 aliphatic carbocycles. The minimum absolute atomic E-state index is 0.254. The van der Waals surface area contributed by atoms with E-state index in [4.69, 9.17) is 0 Å². The zero-order valence-corrected chi connectivity index (χ0v) is 18.3. The number of piperidine rings is 1. The molecular weight excluding hydrogens is 424 g/mol. The van der Waals surface area contributed by atoms with Crippen molar-refractivity contribution in [2.75, 3.05) is 18.5 Å². The molecule has 1 amide bonds. The molecule has 1 saturated heterocycles. The van der Waals surface area contributed by atoms with Gasteiger partial charge < -0.3 is 0 Å². The van der Waals surface area contributed by atoms with Gasteiger partial charge in [0, 0.05) is 19.0 Å². The van der Waals surface area contributed by atoms with Crippen LogP contribution in [0.5, 0.6) is 0 Å². The molecule has 1 aliphatic heterocycles. The normalized spacial score (nSPS) is 16.1. The average Bonchev–Trinajstić information content (AvgIpc) is 3.20. The van der Waals surface area contributed by atoms with Crippen molar-refractivity contribution in [2.24, 2.45) is 5.92 Å². The van der Waals surface area contributed by atoms with Crippen LogP contribution in [0.4, 0.5) is 0 Å². The van der Waals surface area contributed by atoms with Crippen LogP contribution < -0.4 is 11.0 Å². The molecule has 0 atom stereocenters. The molecule has 0 radical (unpaired) electrons. The SMILES string of the molecule is Cc1ccc(S(=O)(=O)N2CCC(C(=O)Nn3c(C)nc4sccc4c3=O)CC2)cc1. The Morgan fingerprint density at radius 1 is 1.13 bits per heavy atom. The number of fused-ring (bicyclic) bond motifs is 1. The lowest BCUT2D eigenvalue weighted by Crippen LogP contribution is -2.44. The largest absolute Gasteiger partial charge is 0.281 e. The second-order valence-corrected chi connectivity index (χ2v) is 10.2. The Balaban J connectivity index is 1.45. The zero-order valence-electron chi connectivity index (χ0n) is 16.7. The number of hydrogen-bond donors (Lipinski definition) is 1. The average molecular weight is 447 g/mol. The van der Waals surface area contributed by atoms with E-state index in [1.807, 2.05) is 6.92 Å². The van der Waals surface area contributed by atoms with Gasteiger partial charge in [-0.25, -0.2) is 18.1 Å². The fourth-order valence-electron chi connectivity index (χ4n) is 3.57. The summed E-state index contributed by atoms with van der Waals surface area (Å²) in [4.78, 5) is 30.6. The molecule has 0 saturated carbocycles. The van der Waals surface area contributed by atoms with Gasteiger partial charge in [0.15, 0.2) is 0 Å². The highest BCUT2D eigenvalue weighted by Crippen LogP contribution is 2.24. The van der Waals surface area contributed by atoms with E-state index in [0.717, 1.165) is 5.56 Å². The Morgan fingerprint density at radius 2 is 1.80 bits per heavy atom. The number of benzene rings is 1. The Bertz CT molecular complexity index is 1250. The number of amides is 1. The molecule has 30 heavy (non-hydrogen) atoms. The van der Waals surface area contributed by atoms with Crippen molar-refractivity contribution in [3.8, 4) is 0 Å². The Kier molecular flexibility index (Phi) is 5.48. The van der Waals surface area contributed by atoms with E-state index in [0.29, 0.717) is 28.9 Å². The van der Waals surface area contributed by atoms with Crippen LogP contribution in [0.3, 0.4) is 0 Å². The number of nitrogens with one attached hydrogen (secondary N) is 1. The van der Waals surface area contributed by atoms with Gasteiger partial charge in [-0.2, -0.15) is 4.31 Å². The second-order valence-electron chi connectivity index (χ2n) is 7.41. The molecular formula is C20H22N4O4S2. The second kappa shape index (κ2) is 7.93. The van der Waals surface area contributed by atoms with Crippen molar-refractivity contribution in [1.82, 2.24) is 14.0 Å². The highest BCUT2D eigenvalue weighted by Gasteiger charge is 2.32. The van der Waals surface area contributed by atoms with Gasteiger partial charge in [0.25, 0.3) is 5.56 Å². The van der Waals surface area contributed by atoms with Gasteiger partial charge in [-0.15, -0.1) is 11.3 Å². The lowest BCUT2D eigenvalue weighted by atomic mass is 9.98. The van der Waals surface area contributed by atoms with Crippen molar-refractivity contribution in [1.29, 1.82) is 0 Å². The maximum Gasteiger partial charge on any atom is 0.281 e. The molecule has 158 valence electrons. The summed E-state index contributed by atoms with van der Waals surface area (Å²) in [7, 11) is -3.58. The number of aromatic nitrogens is 2. The van der Waals surface area contributed by atoms with Crippen molar-refractivity contribution < 1.29 is 13.2 Å². The minimum atomic E-state index is -3.58. The van der Waals surface area contributed by atoms with Gasteiger partial charge in [-0.1, -0.05) is 17.7 Å². The van der Waals surface area contributed by atoms with E-state index in [-0.39, 0.29) is 35.4 Å². The summed E-state index contributed by atoms with van der Waals surface area (Å²) in [6.45, 7) is 4.07. The summed E-state index contributed by atoms with van der Waals surface area (Å²) in [6.07, 6.45) is 0.775. The highest BCUT2D eigenvalue weighted by molar-refractivity contribution is 7.89. The molecule has 0 spiro atoms. The van der Waals surface area contributed by atoms with Crippen LogP contribution in [0.2, 0.25) is 0 Å². The van der Waals surface area contributed by atoms with Crippen molar-refractivity contribution >= 4 is 37.5 Å². The number of nitrogens with zero attached hydrogens (tertiary/aromatic N) is 3. The van der Waals surface area contributed by atoms with E-state index in [9.17, 15) is 18.0 Å². The summed E-state index contributed by atoms with van der Waals surface area (Å²) >= 11 is 1.37. The first-order chi connectivity index (χ1) is 14.3. The van der Waals surface area contributed by atoms with Crippen LogP contribution in [0.15, 0.2) is 45.4 Å². The molecule has 8 nitrogen and oxygen atoms in total. The predicted octanol–water partition coefficient (Wildman–Crippen LogP) is 2.25. The standard InChI is InChI=1S/C20H22N4O4S2/c1-13-3-5-16(6-4-13)30(27,28)23-10-7-15(8-11-23)18(25)22-24-14(2)21-19-17(20(24)26)9-12-29-19/h3-6,9,12,15H,7-8,10-11H2,1-2H3,(H,22,25). The lowest BCUT2D eigenvalue weighted by Gasteiger charge is -2.30. The van der Waals surface area contributed by atoms with Crippen molar-refractivity contribution in [3.63, 3.8) is 0 Å². The van der Waals surface area contributed by atoms with Crippen LogP contribution in [0.25, 0.3) is 10.2 Å². The third-order valence-electron chi connectivity index (χ3n) is 5.37. The highest BCUT2D eigenvalue weighted by atomic mass is 32.2. The molecule has 2 aromatic heterocycles. The van der Waals surface area contributed by atoms with Crippen LogP contribution in [-0.2, 0) is 14.8 Å². The monoisotopic (exact) mass is 446 g/mol. The van der Waals surface area contributed by atoms with Crippen molar-refractivity contribution in [2.45, 2.75) is 31.6 Å². The fourth-order valence-corrected chi connectivity index (χ4v) is 5.84. The first-order valence-corrected chi connectivity index (χ1v) is 11.9. The van der Waals surface area contributed by atoms with Crippen molar-refractivity contribution in [3.05, 3.63) is 57.5 Å². The fraction of sp³-hybridized carbons (Fsp3) is 0.350.